The minimum Gasteiger partial charge on any atom is -0.294 e. The number of halogens is 1. The smallest absolute Gasteiger partial charge is 0.162 e. The van der Waals surface area contributed by atoms with E-state index in [2.05, 4.69) is 0 Å². The number of ketones is 1. The molecule has 1 aromatic carbocycles. The quantitative estimate of drug-likeness (QED) is 0.675. The van der Waals surface area contributed by atoms with E-state index in [0.29, 0.717) is 17.6 Å². The Morgan fingerprint density at radius 3 is 2.62 bits per heavy atom. The highest BCUT2D eigenvalue weighted by Crippen LogP contribution is 2.46. The molecule has 0 radical (unpaired) electrons. The number of fused-ring (bicyclic) bond motifs is 2. The van der Waals surface area contributed by atoms with Gasteiger partial charge in [-0.15, -0.1) is 0 Å². The van der Waals surface area contributed by atoms with Crippen LogP contribution >= 0.6 is 11.6 Å². The summed E-state index contributed by atoms with van der Waals surface area (Å²) in [5.74, 6) is 1.16. The van der Waals surface area contributed by atoms with Crippen molar-refractivity contribution >= 4 is 23.5 Å². The summed E-state index contributed by atoms with van der Waals surface area (Å²) in [5.41, 5.74) is 1.98. The van der Waals surface area contributed by atoms with Crippen LogP contribution in [0, 0.1) is 11.8 Å². The Balaban J connectivity index is 1.99. The maximum absolute atomic E-state index is 12.0. The Morgan fingerprint density at radius 1 is 1.19 bits per heavy atom. The summed E-state index contributed by atoms with van der Waals surface area (Å²) in [4.78, 5) is 12.0. The molecule has 1 nitrogen and oxygen atoms in total. The lowest BCUT2D eigenvalue weighted by Gasteiger charge is -2.12. The maximum atomic E-state index is 12.0. The van der Waals surface area contributed by atoms with E-state index in [0.717, 1.165) is 29.0 Å². The number of benzene rings is 1. The van der Waals surface area contributed by atoms with Crippen LogP contribution < -0.4 is 0 Å². The molecule has 0 aliphatic heterocycles. The molecule has 0 spiro atoms. The monoisotopic (exact) mass is 232 g/mol. The van der Waals surface area contributed by atoms with Crippen LogP contribution in [0.15, 0.2) is 29.8 Å². The Kier molecular flexibility index (Phi) is 2.36. The molecule has 82 valence electrons. The van der Waals surface area contributed by atoms with Gasteiger partial charge in [-0.1, -0.05) is 29.8 Å². The maximum Gasteiger partial charge on any atom is 0.162 e. The summed E-state index contributed by atoms with van der Waals surface area (Å²) in [5, 5.41) is 0.727. The van der Waals surface area contributed by atoms with Crippen LogP contribution in [0.1, 0.15) is 24.8 Å². The van der Waals surface area contributed by atoms with Crippen molar-refractivity contribution in [3.8, 4) is 0 Å². The number of hydrogen-bond donors (Lipinski definition) is 0. The van der Waals surface area contributed by atoms with Gasteiger partial charge in [0.05, 0.1) is 0 Å². The van der Waals surface area contributed by atoms with Crippen LogP contribution in [0.2, 0.25) is 5.02 Å². The van der Waals surface area contributed by atoms with E-state index in [1.807, 2.05) is 30.3 Å². The second-order valence-corrected chi connectivity index (χ2v) is 5.10. The summed E-state index contributed by atoms with van der Waals surface area (Å²) < 4.78 is 0. The van der Waals surface area contributed by atoms with Gasteiger partial charge in [0.15, 0.2) is 5.78 Å². The molecule has 0 unspecified atom stereocenters. The summed E-state index contributed by atoms with van der Waals surface area (Å²) in [6.07, 6.45) is 5.32. The topological polar surface area (TPSA) is 17.1 Å². The summed E-state index contributed by atoms with van der Waals surface area (Å²) in [7, 11) is 0. The molecule has 1 aromatic rings. The largest absolute Gasteiger partial charge is 0.294 e. The molecule has 2 aliphatic carbocycles. The van der Waals surface area contributed by atoms with Crippen molar-refractivity contribution in [1.82, 2.24) is 0 Å². The van der Waals surface area contributed by atoms with E-state index in [-0.39, 0.29) is 0 Å². The highest BCUT2D eigenvalue weighted by atomic mass is 35.5. The first-order chi connectivity index (χ1) is 7.75. The van der Waals surface area contributed by atoms with Gasteiger partial charge in [-0.05, 0) is 48.5 Å². The molecule has 2 aliphatic rings. The van der Waals surface area contributed by atoms with E-state index < -0.39 is 0 Å². The van der Waals surface area contributed by atoms with Crippen molar-refractivity contribution in [3.63, 3.8) is 0 Å². The SMILES string of the molecule is O=C1/C(=C/c2ccccc2Cl)[C@@H]2CC[C@H]1C2. The lowest BCUT2D eigenvalue weighted by molar-refractivity contribution is -0.118. The van der Waals surface area contributed by atoms with Crippen LogP contribution in [0.5, 0.6) is 0 Å². The van der Waals surface area contributed by atoms with Crippen molar-refractivity contribution in [3.05, 3.63) is 40.4 Å². The first kappa shape index (κ1) is 10.1. The second kappa shape index (κ2) is 3.74. The molecule has 2 heteroatoms. The van der Waals surface area contributed by atoms with Crippen molar-refractivity contribution in [2.24, 2.45) is 11.8 Å². The molecule has 2 saturated carbocycles. The Morgan fingerprint density at radius 2 is 1.94 bits per heavy atom. The molecule has 0 amide bonds. The van der Waals surface area contributed by atoms with Crippen molar-refractivity contribution in [1.29, 1.82) is 0 Å². The van der Waals surface area contributed by atoms with Gasteiger partial charge >= 0.3 is 0 Å². The third-order valence-corrected chi connectivity index (χ3v) is 4.09. The van der Waals surface area contributed by atoms with Gasteiger partial charge in [0.25, 0.3) is 0 Å². The minimum atomic E-state index is 0.304. The molecule has 2 bridgehead atoms. The number of carbonyl (C=O) groups is 1. The molecule has 0 aromatic heterocycles. The average molecular weight is 233 g/mol. The number of hydrogen-bond acceptors (Lipinski definition) is 1. The zero-order valence-corrected chi connectivity index (χ0v) is 9.70. The molecular formula is C14H13ClO. The van der Waals surface area contributed by atoms with Crippen LogP contribution in [0.4, 0.5) is 0 Å². The van der Waals surface area contributed by atoms with Crippen molar-refractivity contribution in [2.75, 3.05) is 0 Å². The predicted octanol–water partition coefficient (Wildman–Crippen LogP) is 3.72. The second-order valence-electron chi connectivity index (χ2n) is 4.69. The Bertz CT molecular complexity index is 475. The molecular weight excluding hydrogens is 220 g/mol. The average Bonchev–Trinajstić information content (AvgIpc) is 2.85. The van der Waals surface area contributed by atoms with E-state index >= 15 is 0 Å². The molecule has 0 heterocycles. The predicted molar refractivity (Wildman–Crippen MR) is 65.3 cm³/mol. The van der Waals surface area contributed by atoms with Gasteiger partial charge in [-0.3, -0.25) is 4.79 Å². The molecule has 0 saturated heterocycles. The van der Waals surface area contributed by atoms with Crippen molar-refractivity contribution in [2.45, 2.75) is 19.3 Å². The zero-order valence-electron chi connectivity index (χ0n) is 8.95. The molecule has 0 N–H and O–H groups in total. The van der Waals surface area contributed by atoms with Crippen LogP contribution in [-0.4, -0.2) is 5.78 Å². The Labute approximate surface area is 100 Å². The zero-order chi connectivity index (χ0) is 11.1. The fourth-order valence-corrected chi connectivity index (χ4v) is 3.08. The van der Waals surface area contributed by atoms with E-state index in [1.165, 1.54) is 6.42 Å². The summed E-state index contributed by atoms with van der Waals surface area (Å²) in [6, 6.07) is 7.70. The summed E-state index contributed by atoms with van der Waals surface area (Å²) >= 11 is 6.10. The van der Waals surface area contributed by atoms with Gasteiger partial charge in [0, 0.05) is 10.9 Å². The van der Waals surface area contributed by atoms with Crippen LogP contribution in [-0.2, 0) is 4.79 Å². The normalized spacial score (nSPS) is 30.3. The third-order valence-electron chi connectivity index (χ3n) is 3.74. The van der Waals surface area contributed by atoms with E-state index in [1.54, 1.807) is 0 Å². The van der Waals surface area contributed by atoms with Crippen LogP contribution in [0.3, 0.4) is 0 Å². The molecule has 3 rings (SSSR count). The highest BCUT2D eigenvalue weighted by molar-refractivity contribution is 6.32. The van der Waals surface area contributed by atoms with Gasteiger partial charge in [0.2, 0.25) is 0 Å². The fraction of sp³-hybridized carbons (Fsp3) is 0.357. The lowest BCUT2D eigenvalue weighted by Crippen LogP contribution is -2.11. The Hall–Kier alpha value is -1.08. The number of rotatable bonds is 1. The number of carbonyl (C=O) groups excluding carboxylic acids is 1. The van der Waals surface area contributed by atoms with E-state index in [9.17, 15) is 4.79 Å². The third kappa shape index (κ3) is 1.51. The lowest BCUT2D eigenvalue weighted by atomic mass is 9.92. The minimum absolute atomic E-state index is 0.304. The number of allylic oxidation sites excluding steroid dienone is 1. The molecule has 16 heavy (non-hydrogen) atoms. The van der Waals surface area contributed by atoms with Crippen molar-refractivity contribution < 1.29 is 4.79 Å². The first-order valence-corrected chi connectivity index (χ1v) is 6.14. The molecule has 2 fully saturated rings. The van der Waals surface area contributed by atoms with Crippen LogP contribution in [0.25, 0.3) is 6.08 Å². The van der Waals surface area contributed by atoms with Gasteiger partial charge in [-0.2, -0.15) is 0 Å². The molecule has 2 atom stereocenters. The van der Waals surface area contributed by atoms with E-state index in [4.69, 9.17) is 11.6 Å². The first-order valence-electron chi connectivity index (χ1n) is 5.76. The number of Topliss-reactive ketones (excluding diaryl/α,β-unsaturated/α-hetero) is 1. The standard InChI is InChI=1S/C14H13ClO/c15-13-4-2-1-3-10(13)8-12-9-5-6-11(7-9)14(12)16/h1-4,8-9,11H,5-7H2/b12-8+/t9-,11+/m1/s1. The fourth-order valence-electron chi connectivity index (χ4n) is 2.89. The van der Waals surface area contributed by atoms with Gasteiger partial charge in [0.1, 0.15) is 0 Å². The summed E-state index contributed by atoms with van der Waals surface area (Å²) in [6.45, 7) is 0. The highest BCUT2D eigenvalue weighted by Gasteiger charge is 2.42. The van der Waals surface area contributed by atoms with Gasteiger partial charge < -0.3 is 0 Å². The van der Waals surface area contributed by atoms with Gasteiger partial charge in [-0.25, -0.2) is 0 Å².